The van der Waals surface area contributed by atoms with Crippen LogP contribution in [-0.4, -0.2) is 23.5 Å². The zero-order valence-electron chi connectivity index (χ0n) is 12.2. The van der Waals surface area contributed by atoms with E-state index in [0.717, 1.165) is 12.3 Å². The molecule has 0 unspecified atom stereocenters. The van der Waals surface area contributed by atoms with E-state index in [4.69, 9.17) is 0 Å². The summed E-state index contributed by atoms with van der Waals surface area (Å²) in [6.07, 6.45) is 6.07. The van der Waals surface area contributed by atoms with Crippen LogP contribution in [-0.2, 0) is 0 Å². The number of para-hydroxylation sites is 1. The molecular formula is C17H24N2O. The maximum Gasteiger partial charge on any atom is 0.0828 e. The van der Waals surface area contributed by atoms with Gasteiger partial charge in [-0.15, -0.1) is 0 Å². The van der Waals surface area contributed by atoms with Gasteiger partial charge >= 0.3 is 0 Å². The largest absolute Gasteiger partial charge is 0.411 e. The maximum atomic E-state index is 9.44. The van der Waals surface area contributed by atoms with Crippen LogP contribution in [0.1, 0.15) is 39.0 Å². The number of hydrogen-bond donors (Lipinski definition) is 1. The van der Waals surface area contributed by atoms with Gasteiger partial charge in [0.05, 0.1) is 11.8 Å². The fraction of sp³-hybridized carbons (Fsp3) is 0.588. The van der Waals surface area contributed by atoms with Gasteiger partial charge in [-0.25, -0.2) is 0 Å². The number of nitrogens with zero attached hydrogens (tertiary/aromatic N) is 2. The summed E-state index contributed by atoms with van der Waals surface area (Å²) in [7, 11) is 0. The number of fused-ring (bicyclic) bond motifs is 2. The average Bonchev–Trinajstić information content (AvgIpc) is 3.10. The summed E-state index contributed by atoms with van der Waals surface area (Å²) in [6, 6.07) is 10.9. The van der Waals surface area contributed by atoms with Gasteiger partial charge in [0.15, 0.2) is 0 Å². The summed E-state index contributed by atoms with van der Waals surface area (Å²) in [6.45, 7) is 3.28. The molecule has 3 atom stereocenters. The van der Waals surface area contributed by atoms with E-state index in [0.29, 0.717) is 17.9 Å². The lowest BCUT2D eigenvalue weighted by Gasteiger charge is -2.36. The summed E-state index contributed by atoms with van der Waals surface area (Å²) < 4.78 is 0. The number of anilines is 1. The molecule has 0 spiro atoms. The number of rotatable bonds is 5. The lowest BCUT2D eigenvalue weighted by Crippen LogP contribution is -2.45. The highest BCUT2D eigenvalue weighted by Crippen LogP contribution is 2.46. The van der Waals surface area contributed by atoms with Gasteiger partial charge in [-0.1, -0.05) is 36.7 Å². The molecule has 0 saturated heterocycles. The van der Waals surface area contributed by atoms with Crippen LogP contribution in [0.15, 0.2) is 35.5 Å². The van der Waals surface area contributed by atoms with Crippen LogP contribution < -0.4 is 4.90 Å². The van der Waals surface area contributed by atoms with Gasteiger partial charge in [0.2, 0.25) is 0 Å². The van der Waals surface area contributed by atoms with Crippen LogP contribution in [0.3, 0.4) is 0 Å². The fourth-order valence-electron chi connectivity index (χ4n) is 3.99. The van der Waals surface area contributed by atoms with Crippen molar-refractivity contribution in [3.8, 4) is 0 Å². The molecule has 2 aliphatic rings. The van der Waals surface area contributed by atoms with E-state index >= 15 is 0 Å². The van der Waals surface area contributed by atoms with E-state index in [1.54, 1.807) is 0 Å². The molecule has 0 heterocycles. The van der Waals surface area contributed by atoms with Gasteiger partial charge in [-0.3, -0.25) is 0 Å². The lowest BCUT2D eigenvalue weighted by atomic mass is 9.91. The Morgan fingerprint density at radius 3 is 2.75 bits per heavy atom. The molecule has 2 saturated carbocycles. The van der Waals surface area contributed by atoms with E-state index in [2.05, 4.69) is 47.3 Å². The first-order valence-electron chi connectivity index (χ1n) is 7.88. The molecule has 1 aromatic carbocycles. The molecule has 0 aromatic heterocycles. The molecule has 2 fully saturated rings. The molecule has 1 aromatic rings. The van der Waals surface area contributed by atoms with Crippen LogP contribution in [0.4, 0.5) is 5.69 Å². The smallest absolute Gasteiger partial charge is 0.0828 e. The average molecular weight is 272 g/mol. The van der Waals surface area contributed by atoms with E-state index < -0.39 is 0 Å². The van der Waals surface area contributed by atoms with Crippen molar-refractivity contribution in [1.29, 1.82) is 0 Å². The molecule has 2 aliphatic carbocycles. The summed E-state index contributed by atoms with van der Waals surface area (Å²) in [4.78, 5) is 2.47. The van der Waals surface area contributed by atoms with Crippen molar-refractivity contribution < 1.29 is 5.21 Å². The van der Waals surface area contributed by atoms with Crippen molar-refractivity contribution in [3.05, 3.63) is 30.3 Å². The first-order chi connectivity index (χ1) is 9.85. The van der Waals surface area contributed by atoms with Crippen molar-refractivity contribution in [1.82, 2.24) is 0 Å². The van der Waals surface area contributed by atoms with Gasteiger partial charge in [-0.2, -0.15) is 0 Å². The highest BCUT2D eigenvalue weighted by atomic mass is 16.4. The van der Waals surface area contributed by atoms with Gasteiger partial charge in [-0.05, 0) is 43.7 Å². The Balaban J connectivity index is 1.89. The molecule has 20 heavy (non-hydrogen) atoms. The minimum atomic E-state index is 0.313. The topological polar surface area (TPSA) is 35.8 Å². The highest BCUT2D eigenvalue weighted by molar-refractivity contribution is 5.97. The number of unbranched alkanes of at least 4 members (excludes halogenated alkanes) is 1. The molecule has 0 aliphatic heterocycles. The van der Waals surface area contributed by atoms with Crippen LogP contribution in [0, 0.1) is 11.8 Å². The second-order valence-corrected chi connectivity index (χ2v) is 6.12. The molecule has 2 bridgehead atoms. The Kier molecular flexibility index (Phi) is 3.95. The van der Waals surface area contributed by atoms with Gasteiger partial charge in [0.25, 0.3) is 0 Å². The Morgan fingerprint density at radius 1 is 1.25 bits per heavy atom. The van der Waals surface area contributed by atoms with Crippen molar-refractivity contribution in [2.45, 2.75) is 45.1 Å². The van der Waals surface area contributed by atoms with Crippen LogP contribution in [0.5, 0.6) is 0 Å². The highest BCUT2D eigenvalue weighted by Gasteiger charge is 2.48. The molecule has 3 nitrogen and oxygen atoms in total. The predicted octanol–water partition coefficient (Wildman–Crippen LogP) is 3.92. The van der Waals surface area contributed by atoms with Crippen molar-refractivity contribution >= 4 is 11.4 Å². The third-order valence-electron chi connectivity index (χ3n) is 4.93. The Bertz CT molecular complexity index is 471. The fourth-order valence-corrected chi connectivity index (χ4v) is 3.99. The predicted molar refractivity (Wildman–Crippen MR) is 82.5 cm³/mol. The molecule has 0 amide bonds. The van der Waals surface area contributed by atoms with Crippen molar-refractivity contribution in [2.24, 2.45) is 17.0 Å². The van der Waals surface area contributed by atoms with Crippen LogP contribution in [0.25, 0.3) is 0 Å². The van der Waals surface area contributed by atoms with E-state index in [-0.39, 0.29) is 0 Å². The van der Waals surface area contributed by atoms with Gasteiger partial charge in [0, 0.05) is 18.2 Å². The Labute approximate surface area is 121 Å². The first-order valence-corrected chi connectivity index (χ1v) is 7.88. The quantitative estimate of drug-likeness (QED) is 0.651. The summed E-state index contributed by atoms with van der Waals surface area (Å²) >= 11 is 0. The van der Waals surface area contributed by atoms with Gasteiger partial charge < -0.3 is 10.1 Å². The molecule has 0 radical (unpaired) electrons. The van der Waals surface area contributed by atoms with E-state index in [1.165, 1.54) is 37.8 Å². The van der Waals surface area contributed by atoms with Gasteiger partial charge in [0.1, 0.15) is 0 Å². The van der Waals surface area contributed by atoms with Crippen LogP contribution in [0.2, 0.25) is 0 Å². The SMILES string of the molecule is CCCCN(c1ccccc1)[C@@H]1/C(=N/O)[C@H]2CC[C@H]1C2. The second kappa shape index (κ2) is 5.86. The maximum absolute atomic E-state index is 9.44. The lowest BCUT2D eigenvalue weighted by molar-refractivity contribution is 0.311. The Hall–Kier alpha value is -1.51. The standard InChI is InChI=1S/C17H24N2O/c1-2-3-11-19(15-7-5-4-6-8-15)17-14-10-9-13(12-14)16(17)18-20/h4-8,13-14,17,20H,2-3,9-12H2,1H3/b18-16+/t13-,14-,17-/m0/s1. The summed E-state index contributed by atoms with van der Waals surface area (Å²) in [5.41, 5.74) is 2.29. The third kappa shape index (κ3) is 2.30. The van der Waals surface area contributed by atoms with Crippen molar-refractivity contribution in [2.75, 3.05) is 11.4 Å². The number of hydrogen-bond acceptors (Lipinski definition) is 3. The monoisotopic (exact) mass is 272 g/mol. The zero-order chi connectivity index (χ0) is 13.9. The van der Waals surface area contributed by atoms with E-state index in [9.17, 15) is 5.21 Å². The number of benzene rings is 1. The minimum Gasteiger partial charge on any atom is -0.411 e. The summed E-state index contributed by atoms with van der Waals surface area (Å²) in [5, 5.41) is 13.1. The summed E-state index contributed by atoms with van der Waals surface area (Å²) in [5.74, 6) is 1.19. The second-order valence-electron chi connectivity index (χ2n) is 6.12. The van der Waals surface area contributed by atoms with Crippen molar-refractivity contribution in [3.63, 3.8) is 0 Å². The normalized spacial score (nSPS) is 30.1. The molecule has 3 heteroatoms. The molecule has 3 rings (SSSR count). The molecular weight excluding hydrogens is 248 g/mol. The third-order valence-corrected chi connectivity index (χ3v) is 4.93. The minimum absolute atomic E-state index is 0.313. The zero-order valence-corrected chi connectivity index (χ0v) is 12.2. The molecule has 1 N–H and O–H groups in total. The first kappa shape index (κ1) is 13.5. The van der Waals surface area contributed by atoms with E-state index in [1.807, 2.05) is 0 Å². The Morgan fingerprint density at radius 2 is 2.05 bits per heavy atom. The van der Waals surface area contributed by atoms with Crippen LogP contribution >= 0.6 is 0 Å². The molecule has 108 valence electrons. The number of oxime groups is 1.